The molecular formula is C30H37F3. The highest BCUT2D eigenvalue weighted by Gasteiger charge is 2.31. The van der Waals surface area contributed by atoms with Crippen LogP contribution in [0.5, 0.6) is 0 Å². The summed E-state index contributed by atoms with van der Waals surface area (Å²) in [4.78, 5) is 0. The first-order chi connectivity index (χ1) is 15.9. The highest BCUT2D eigenvalue weighted by atomic mass is 19.2. The third kappa shape index (κ3) is 5.91. The topological polar surface area (TPSA) is 0 Å². The van der Waals surface area contributed by atoms with Gasteiger partial charge in [-0.05, 0) is 104 Å². The van der Waals surface area contributed by atoms with Crippen LogP contribution in [0, 0.1) is 35.2 Å². The molecule has 0 nitrogen and oxygen atoms in total. The van der Waals surface area contributed by atoms with Crippen LogP contribution in [0.1, 0.15) is 101 Å². The first-order valence-electron chi connectivity index (χ1n) is 12.9. The molecule has 2 aliphatic carbocycles. The smallest absolute Gasteiger partial charge is 0.194 e. The molecule has 4 rings (SSSR count). The molecule has 0 radical (unpaired) electrons. The minimum Gasteiger partial charge on any atom is -0.204 e. The Balaban J connectivity index is 1.32. The van der Waals surface area contributed by atoms with Crippen molar-refractivity contribution in [1.29, 1.82) is 0 Å². The van der Waals surface area contributed by atoms with E-state index in [0.717, 1.165) is 35.4 Å². The lowest BCUT2D eigenvalue weighted by Gasteiger charge is -2.38. The number of hydrogen-bond acceptors (Lipinski definition) is 0. The number of halogens is 3. The van der Waals surface area contributed by atoms with Crippen LogP contribution in [0.2, 0.25) is 0 Å². The summed E-state index contributed by atoms with van der Waals surface area (Å²) >= 11 is 0. The van der Waals surface area contributed by atoms with Crippen LogP contribution in [-0.2, 0) is 0 Å². The summed E-state index contributed by atoms with van der Waals surface area (Å²) in [7, 11) is 0. The van der Waals surface area contributed by atoms with Gasteiger partial charge >= 0.3 is 0 Å². The molecule has 0 aliphatic heterocycles. The average Bonchev–Trinajstić information content (AvgIpc) is 2.83. The van der Waals surface area contributed by atoms with Crippen molar-refractivity contribution in [3.63, 3.8) is 0 Å². The minimum atomic E-state index is -1.42. The van der Waals surface area contributed by atoms with E-state index < -0.39 is 17.5 Å². The van der Waals surface area contributed by atoms with Crippen molar-refractivity contribution in [2.24, 2.45) is 17.8 Å². The van der Waals surface area contributed by atoms with E-state index in [0.29, 0.717) is 17.1 Å². The van der Waals surface area contributed by atoms with E-state index in [1.807, 2.05) is 6.08 Å². The number of hydrogen-bond donors (Lipinski definition) is 0. The first-order valence-corrected chi connectivity index (χ1v) is 12.9. The molecule has 178 valence electrons. The zero-order valence-corrected chi connectivity index (χ0v) is 20.1. The maximum Gasteiger partial charge on any atom is 0.194 e. The summed E-state index contributed by atoms with van der Waals surface area (Å²) in [5, 5.41) is 0. The van der Waals surface area contributed by atoms with Gasteiger partial charge in [-0.15, -0.1) is 0 Å². The lowest BCUT2D eigenvalue weighted by Crippen LogP contribution is -2.25. The second kappa shape index (κ2) is 10.9. The molecule has 2 saturated carbocycles. The van der Waals surface area contributed by atoms with Crippen molar-refractivity contribution in [2.75, 3.05) is 0 Å². The predicted octanol–water partition coefficient (Wildman–Crippen LogP) is 9.54. The Labute approximate surface area is 197 Å². The quantitative estimate of drug-likeness (QED) is 0.301. The van der Waals surface area contributed by atoms with E-state index in [1.54, 1.807) is 6.92 Å². The molecule has 0 aromatic heterocycles. The van der Waals surface area contributed by atoms with Crippen LogP contribution >= 0.6 is 0 Å². The summed E-state index contributed by atoms with van der Waals surface area (Å²) in [6, 6.07) is 10.7. The van der Waals surface area contributed by atoms with Crippen molar-refractivity contribution in [1.82, 2.24) is 0 Å². The maximum absolute atomic E-state index is 13.6. The second-order valence-electron chi connectivity index (χ2n) is 10.4. The fourth-order valence-corrected chi connectivity index (χ4v) is 6.26. The fraction of sp³-hybridized carbons (Fsp3) is 0.533. The number of benzene rings is 2. The normalized spacial score (nSPS) is 26.4. The zero-order chi connectivity index (χ0) is 23.4. The highest BCUT2D eigenvalue weighted by Crippen LogP contribution is 2.44. The van der Waals surface area contributed by atoms with Crippen LogP contribution in [0.4, 0.5) is 13.2 Å². The maximum atomic E-state index is 13.6. The van der Waals surface area contributed by atoms with Crippen LogP contribution in [0.3, 0.4) is 0 Å². The average molecular weight is 455 g/mol. The number of allylic oxidation sites excluding steroid dienone is 1. The van der Waals surface area contributed by atoms with Crippen molar-refractivity contribution < 1.29 is 13.2 Å². The zero-order valence-electron chi connectivity index (χ0n) is 20.1. The Morgan fingerprint density at radius 3 is 1.91 bits per heavy atom. The summed E-state index contributed by atoms with van der Waals surface area (Å²) in [5.74, 6) is -0.233. The Morgan fingerprint density at radius 1 is 0.818 bits per heavy atom. The molecule has 2 aromatic rings. The molecule has 2 aliphatic rings. The van der Waals surface area contributed by atoms with Gasteiger partial charge in [-0.2, -0.15) is 0 Å². The molecule has 0 N–H and O–H groups in total. The molecular weight excluding hydrogens is 417 g/mol. The van der Waals surface area contributed by atoms with E-state index in [-0.39, 0.29) is 0 Å². The summed E-state index contributed by atoms with van der Waals surface area (Å²) < 4.78 is 40.3. The molecule has 0 spiro atoms. The summed E-state index contributed by atoms with van der Waals surface area (Å²) in [5.41, 5.74) is 3.44. The van der Waals surface area contributed by atoms with Gasteiger partial charge in [-0.3, -0.25) is 0 Å². The van der Waals surface area contributed by atoms with Gasteiger partial charge in [-0.25, -0.2) is 13.2 Å². The van der Waals surface area contributed by atoms with Gasteiger partial charge in [-0.1, -0.05) is 62.9 Å². The summed E-state index contributed by atoms with van der Waals surface area (Å²) in [6.07, 6.45) is 15.7. The van der Waals surface area contributed by atoms with E-state index in [1.165, 1.54) is 69.8 Å². The van der Waals surface area contributed by atoms with Gasteiger partial charge < -0.3 is 0 Å². The first kappa shape index (κ1) is 24.1. The Kier molecular flexibility index (Phi) is 7.98. The van der Waals surface area contributed by atoms with Crippen molar-refractivity contribution >= 4 is 11.6 Å². The molecule has 0 heterocycles. The largest absolute Gasteiger partial charge is 0.204 e. The van der Waals surface area contributed by atoms with Crippen molar-refractivity contribution in [2.45, 2.75) is 84.0 Å². The van der Waals surface area contributed by atoms with Gasteiger partial charge in [0, 0.05) is 0 Å². The highest BCUT2D eigenvalue weighted by molar-refractivity contribution is 5.80. The monoisotopic (exact) mass is 454 g/mol. The van der Waals surface area contributed by atoms with Crippen molar-refractivity contribution in [3.05, 3.63) is 70.5 Å². The molecule has 3 heteroatoms. The number of rotatable bonds is 6. The van der Waals surface area contributed by atoms with Crippen LogP contribution in [0.25, 0.3) is 11.6 Å². The molecule has 0 bridgehead atoms. The molecule has 0 saturated heterocycles. The molecule has 0 unspecified atom stereocenters. The lowest BCUT2D eigenvalue weighted by molar-refractivity contribution is 0.156. The Hall–Kier alpha value is -2.03. The van der Waals surface area contributed by atoms with Gasteiger partial charge in [0.25, 0.3) is 0 Å². The van der Waals surface area contributed by atoms with Gasteiger partial charge in [0.05, 0.1) is 0 Å². The molecule has 2 aromatic carbocycles. The lowest BCUT2D eigenvalue weighted by atomic mass is 9.68. The van der Waals surface area contributed by atoms with Crippen LogP contribution in [-0.4, -0.2) is 0 Å². The standard InChI is InChI=1S/C30H37F3/c1-3-4-21-5-9-23(10-6-21)25-13-15-26(16-14-25)24-11-7-22(8-12-24)17-20(2)27-18-28(31)30(33)29(32)19-27/h7-8,11-12,17-19,21,23,25-26H,3-6,9-10,13-16H2,1-2H3. The third-order valence-electron chi connectivity index (χ3n) is 8.26. The van der Waals surface area contributed by atoms with Crippen LogP contribution < -0.4 is 0 Å². The van der Waals surface area contributed by atoms with E-state index in [9.17, 15) is 13.2 Å². The van der Waals surface area contributed by atoms with Gasteiger partial charge in [0.2, 0.25) is 0 Å². The Bertz CT molecular complexity index is 920. The van der Waals surface area contributed by atoms with E-state index >= 15 is 0 Å². The predicted molar refractivity (Wildman–Crippen MR) is 131 cm³/mol. The second-order valence-corrected chi connectivity index (χ2v) is 10.4. The van der Waals surface area contributed by atoms with Gasteiger partial charge in [0.1, 0.15) is 0 Å². The van der Waals surface area contributed by atoms with E-state index in [2.05, 4.69) is 31.2 Å². The fourth-order valence-electron chi connectivity index (χ4n) is 6.26. The molecule has 0 atom stereocenters. The molecule has 33 heavy (non-hydrogen) atoms. The van der Waals surface area contributed by atoms with Crippen LogP contribution in [0.15, 0.2) is 36.4 Å². The van der Waals surface area contributed by atoms with Gasteiger partial charge in [0.15, 0.2) is 17.5 Å². The minimum absolute atomic E-state index is 0.359. The third-order valence-corrected chi connectivity index (χ3v) is 8.26. The molecule has 0 amide bonds. The van der Waals surface area contributed by atoms with E-state index in [4.69, 9.17) is 0 Å². The molecule has 2 fully saturated rings. The Morgan fingerprint density at radius 2 is 1.36 bits per heavy atom. The summed E-state index contributed by atoms with van der Waals surface area (Å²) in [6.45, 7) is 4.10. The van der Waals surface area contributed by atoms with Crippen molar-refractivity contribution in [3.8, 4) is 0 Å². The SMILES string of the molecule is CCCC1CCC(C2CCC(c3ccc(C=C(C)c4cc(F)c(F)c(F)c4)cc3)CC2)CC1.